The molecule has 8 nitrogen and oxygen atoms in total. The highest BCUT2D eigenvalue weighted by molar-refractivity contribution is 8.00. The average Bonchev–Trinajstić information content (AvgIpc) is 3.06. The minimum absolute atomic E-state index is 0.123. The molecule has 4 rings (SSSR count). The van der Waals surface area contributed by atoms with Gasteiger partial charge in [-0.15, -0.1) is 11.8 Å². The predicted molar refractivity (Wildman–Crippen MR) is 109 cm³/mol. The summed E-state index contributed by atoms with van der Waals surface area (Å²) in [6, 6.07) is 13.6. The van der Waals surface area contributed by atoms with Gasteiger partial charge in [-0.25, -0.2) is 9.99 Å². The molecule has 2 heterocycles. The van der Waals surface area contributed by atoms with Crippen molar-refractivity contribution in [1.29, 1.82) is 0 Å². The van der Waals surface area contributed by atoms with Crippen LogP contribution < -0.4 is 11.0 Å². The van der Waals surface area contributed by atoms with Crippen molar-refractivity contribution in [3.05, 3.63) is 70.1 Å². The van der Waals surface area contributed by atoms with E-state index in [2.05, 4.69) is 10.4 Å². The second-order valence-electron chi connectivity index (χ2n) is 6.63. The Morgan fingerprint density at radius 1 is 1.21 bits per heavy atom. The smallest absolute Gasteiger partial charge is 0.272 e. The number of carbonyl (C=O) groups is 2. The first kappa shape index (κ1) is 19.0. The van der Waals surface area contributed by atoms with Crippen molar-refractivity contribution in [3.8, 4) is 5.75 Å². The number of hydrogen-bond donors (Lipinski definition) is 2. The average molecular weight is 410 g/mol. The van der Waals surface area contributed by atoms with Gasteiger partial charge in [0.25, 0.3) is 17.4 Å². The molecule has 2 amide bonds. The second-order valence-corrected chi connectivity index (χ2v) is 7.70. The number of benzene rings is 2. The molecule has 0 saturated carbocycles. The minimum atomic E-state index is -0.484. The summed E-state index contributed by atoms with van der Waals surface area (Å²) in [7, 11) is 0. The Morgan fingerprint density at radius 3 is 2.69 bits per heavy atom. The first-order valence-corrected chi connectivity index (χ1v) is 9.97. The van der Waals surface area contributed by atoms with Crippen molar-refractivity contribution in [3.63, 3.8) is 0 Å². The lowest BCUT2D eigenvalue weighted by atomic mass is 10.2. The molecule has 9 heteroatoms. The molecule has 1 aromatic heterocycles. The fraction of sp³-hybridized carbons (Fsp3) is 0.200. The molecule has 0 radical (unpaired) electrons. The van der Waals surface area contributed by atoms with E-state index in [9.17, 15) is 19.5 Å². The third kappa shape index (κ3) is 3.68. The highest BCUT2D eigenvalue weighted by atomic mass is 32.2. The van der Waals surface area contributed by atoms with E-state index in [1.165, 1.54) is 33.5 Å². The summed E-state index contributed by atoms with van der Waals surface area (Å²) in [5.41, 5.74) is 4.53. The SMILES string of the molecule is Cc1nc2ccccc2n(CC(=O)NN2C(=O)CSC2c2ccc(O)cc2)c1=O. The van der Waals surface area contributed by atoms with Gasteiger partial charge in [-0.1, -0.05) is 24.3 Å². The van der Waals surface area contributed by atoms with E-state index in [0.717, 1.165) is 5.56 Å². The summed E-state index contributed by atoms with van der Waals surface area (Å²) >= 11 is 1.38. The van der Waals surface area contributed by atoms with E-state index in [1.54, 1.807) is 37.3 Å². The molecule has 1 atom stereocenters. The van der Waals surface area contributed by atoms with Crippen molar-refractivity contribution in [2.24, 2.45) is 0 Å². The van der Waals surface area contributed by atoms with Gasteiger partial charge in [-0.3, -0.25) is 24.4 Å². The Kier molecular flexibility index (Phi) is 4.98. The Hall–Kier alpha value is -3.33. The van der Waals surface area contributed by atoms with Gasteiger partial charge in [0.2, 0.25) is 0 Å². The molecular formula is C20H18N4O4S. The molecule has 0 bridgehead atoms. The number of rotatable bonds is 4. The fourth-order valence-corrected chi connectivity index (χ4v) is 4.33. The van der Waals surface area contributed by atoms with Gasteiger partial charge in [-0.05, 0) is 36.8 Å². The molecule has 29 heavy (non-hydrogen) atoms. The maximum Gasteiger partial charge on any atom is 0.272 e. The number of nitrogens with zero attached hydrogens (tertiary/aromatic N) is 3. The number of carbonyl (C=O) groups excluding carboxylic acids is 2. The first-order chi connectivity index (χ1) is 13.9. The highest BCUT2D eigenvalue weighted by Gasteiger charge is 2.34. The van der Waals surface area contributed by atoms with Gasteiger partial charge in [0.1, 0.15) is 23.4 Å². The molecule has 1 fully saturated rings. The summed E-state index contributed by atoms with van der Waals surface area (Å²) in [4.78, 5) is 41.8. The molecule has 2 aromatic carbocycles. The Bertz CT molecular complexity index is 1160. The Morgan fingerprint density at radius 2 is 1.93 bits per heavy atom. The van der Waals surface area contributed by atoms with Crippen LogP contribution in [0.3, 0.4) is 0 Å². The number of aromatic hydroxyl groups is 1. The van der Waals surface area contributed by atoms with Crippen LogP contribution in [0.5, 0.6) is 5.75 Å². The molecular weight excluding hydrogens is 392 g/mol. The van der Waals surface area contributed by atoms with Crippen molar-refractivity contribution in [2.45, 2.75) is 18.8 Å². The minimum Gasteiger partial charge on any atom is -0.508 e. The zero-order valence-electron chi connectivity index (χ0n) is 15.5. The van der Waals surface area contributed by atoms with Crippen LogP contribution in [0, 0.1) is 6.92 Å². The summed E-state index contributed by atoms with van der Waals surface area (Å²) in [5, 5.41) is 10.3. The van der Waals surface area contributed by atoms with Gasteiger partial charge in [0, 0.05) is 0 Å². The molecule has 3 aromatic rings. The maximum absolute atomic E-state index is 12.7. The summed E-state index contributed by atoms with van der Waals surface area (Å²) in [6.07, 6.45) is 0. The number of aromatic nitrogens is 2. The number of hydrogen-bond acceptors (Lipinski definition) is 6. The second kappa shape index (κ2) is 7.59. The number of aryl methyl sites for hydroxylation is 1. The molecule has 1 aliphatic heterocycles. The zero-order chi connectivity index (χ0) is 20.5. The third-order valence-electron chi connectivity index (χ3n) is 4.61. The molecule has 1 saturated heterocycles. The number of para-hydroxylation sites is 2. The summed E-state index contributed by atoms with van der Waals surface area (Å²) < 4.78 is 1.36. The largest absolute Gasteiger partial charge is 0.508 e. The van der Waals surface area contributed by atoms with E-state index in [1.807, 2.05) is 6.07 Å². The molecule has 148 valence electrons. The number of phenols is 1. The standard InChI is InChI=1S/C20H18N4O4S/c1-12-19(28)23(16-5-3-2-4-15(16)21-12)10-17(26)22-24-18(27)11-29-20(24)13-6-8-14(25)9-7-13/h2-9,20,25H,10-11H2,1H3,(H,22,26). The van der Waals surface area contributed by atoms with Crippen LogP contribution in [0.25, 0.3) is 11.0 Å². The molecule has 1 aliphatic rings. The van der Waals surface area contributed by atoms with E-state index in [-0.39, 0.29) is 29.5 Å². The topological polar surface area (TPSA) is 105 Å². The number of amides is 2. The maximum atomic E-state index is 12.7. The van der Waals surface area contributed by atoms with E-state index < -0.39 is 11.3 Å². The van der Waals surface area contributed by atoms with Crippen LogP contribution in [0.15, 0.2) is 53.3 Å². The fourth-order valence-electron chi connectivity index (χ4n) is 3.22. The summed E-state index contributed by atoms with van der Waals surface area (Å²) in [6.45, 7) is 1.37. The van der Waals surface area contributed by atoms with E-state index >= 15 is 0 Å². The number of fused-ring (bicyclic) bond motifs is 1. The predicted octanol–water partition coefficient (Wildman–Crippen LogP) is 1.72. The van der Waals surface area contributed by atoms with Crippen LogP contribution in [-0.2, 0) is 16.1 Å². The van der Waals surface area contributed by atoms with Crippen LogP contribution in [0.4, 0.5) is 0 Å². The van der Waals surface area contributed by atoms with Crippen molar-refractivity contribution < 1.29 is 14.7 Å². The third-order valence-corrected chi connectivity index (χ3v) is 5.82. The van der Waals surface area contributed by atoms with E-state index in [0.29, 0.717) is 16.7 Å². The number of hydrazine groups is 1. The Labute approximate surface area is 170 Å². The van der Waals surface area contributed by atoms with Crippen LogP contribution in [-0.4, -0.2) is 37.2 Å². The van der Waals surface area contributed by atoms with Crippen molar-refractivity contribution in [2.75, 3.05) is 5.75 Å². The molecule has 2 N–H and O–H groups in total. The lowest BCUT2D eigenvalue weighted by Crippen LogP contribution is -2.46. The van der Waals surface area contributed by atoms with Gasteiger partial charge >= 0.3 is 0 Å². The van der Waals surface area contributed by atoms with Crippen molar-refractivity contribution >= 4 is 34.6 Å². The lowest BCUT2D eigenvalue weighted by molar-refractivity contribution is -0.139. The normalized spacial score (nSPS) is 16.4. The van der Waals surface area contributed by atoms with Crippen LogP contribution in [0.1, 0.15) is 16.6 Å². The van der Waals surface area contributed by atoms with E-state index in [4.69, 9.17) is 0 Å². The zero-order valence-corrected chi connectivity index (χ0v) is 16.3. The number of nitrogens with one attached hydrogen (secondary N) is 1. The number of thioether (sulfide) groups is 1. The van der Waals surface area contributed by atoms with Gasteiger partial charge < -0.3 is 5.11 Å². The van der Waals surface area contributed by atoms with Gasteiger partial charge in [-0.2, -0.15) is 0 Å². The lowest BCUT2D eigenvalue weighted by Gasteiger charge is -2.25. The van der Waals surface area contributed by atoms with Crippen LogP contribution in [0.2, 0.25) is 0 Å². The molecule has 0 spiro atoms. The number of phenolic OH excluding ortho intramolecular Hbond substituents is 1. The first-order valence-electron chi connectivity index (χ1n) is 8.92. The van der Waals surface area contributed by atoms with Crippen molar-refractivity contribution in [1.82, 2.24) is 20.0 Å². The van der Waals surface area contributed by atoms with Gasteiger partial charge in [0.15, 0.2) is 0 Å². The molecule has 0 aliphatic carbocycles. The monoisotopic (exact) mass is 410 g/mol. The quantitative estimate of drug-likeness (QED) is 0.679. The van der Waals surface area contributed by atoms with Crippen LogP contribution >= 0.6 is 11.8 Å². The highest BCUT2D eigenvalue weighted by Crippen LogP contribution is 2.37. The Balaban J connectivity index is 1.59. The van der Waals surface area contributed by atoms with Gasteiger partial charge in [0.05, 0.1) is 16.8 Å². The molecule has 1 unspecified atom stereocenters. The summed E-state index contributed by atoms with van der Waals surface area (Å²) in [5.74, 6) is -0.367.